The van der Waals surface area contributed by atoms with Crippen LogP contribution in [0.1, 0.15) is 0 Å². The fourth-order valence-corrected chi connectivity index (χ4v) is 2.00. The number of likely N-dealkylation sites (N-methyl/N-ethyl adjacent to an activating group) is 1. The summed E-state index contributed by atoms with van der Waals surface area (Å²) in [5.41, 5.74) is 7.40. The molecule has 0 saturated heterocycles. The van der Waals surface area contributed by atoms with Crippen LogP contribution >= 0.6 is 0 Å². The van der Waals surface area contributed by atoms with E-state index >= 15 is 0 Å². The molecule has 0 atom stereocenters. The van der Waals surface area contributed by atoms with E-state index in [2.05, 4.69) is 10.2 Å². The van der Waals surface area contributed by atoms with E-state index in [0.717, 1.165) is 11.3 Å². The zero-order valence-corrected chi connectivity index (χ0v) is 9.29. The quantitative estimate of drug-likeness (QED) is 0.713. The lowest BCUT2D eigenvalue weighted by Gasteiger charge is -2.16. The lowest BCUT2D eigenvalue weighted by Crippen LogP contribution is -2.28. The van der Waals surface area contributed by atoms with E-state index in [9.17, 15) is 4.79 Å². The Hall–Kier alpha value is -2.37. The first kappa shape index (κ1) is 9.83. The first-order valence-corrected chi connectivity index (χ1v) is 5.23. The maximum atomic E-state index is 12.0. The van der Waals surface area contributed by atoms with Crippen LogP contribution in [-0.2, 0) is 11.3 Å². The van der Waals surface area contributed by atoms with Gasteiger partial charge in [-0.25, -0.2) is 0 Å². The van der Waals surface area contributed by atoms with E-state index in [4.69, 9.17) is 5.73 Å². The van der Waals surface area contributed by atoms with Gasteiger partial charge in [0, 0.05) is 12.6 Å². The topological polar surface area (TPSA) is 77.0 Å². The highest BCUT2D eigenvalue weighted by Gasteiger charge is 2.25. The molecule has 6 heteroatoms. The van der Waals surface area contributed by atoms with Gasteiger partial charge in [0.25, 0.3) is 0 Å². The minimum absolute atomic E-state index is 0.0392. The lowest BCUT2D eigenvalue weighted by atomic mass is 10.1. The van der Waals surface area contributed by atoms with Gasteiger partial charge in [-0.2, -0.15) is 0 Å². The minimum atomic E-state index is -0.0392. The number of hydrogen-bond donors (Lipinski definition) is 1. The zero-order valence-electron chi connectivity index (χ0n) is 9.29. The molecule has 1 amide bonds. The van der Waals surface area contributed by atoms with Gasteiger partial charge in [0.1, 0.15) is 6.54 Å². The van der Waals surface area contributed by atoms with E-state index in [1.807, 2.05) is 24.3 Å². The van der Waals surface area contributed by atoms with Crippen molar-refractivity contribution in [3.63, 3.8) is 0 Å². The standard InChI is InChI=1S/C11H11N5O/c1-15-8-5-3-2-4-7(8)10-13-14-11(12)16(10)6-9(15)17/h2-5H,6H2,1H3,(H2,12,14). The van der Waals surface area contributed by atoms with Crippen LogP contribution in [-0.4, -0.2) is 27.7 Å². The van der Waals surface area contributed by atoms with Crippen molar-refractivity contribution in [2.24, 2.45) is 0 Å². The maximum absolute atomic E-state index is 12.0. The van der Waals surface area contributed by atoms with Crippen LogP contribution in [0, 0.1) is 0 Å². The molecule has 17 heavy (non-hydrogen) atoms. The highest BCUT2D eigenvalue weighted by molar-refractivity contribution is 5.98. The third-order valence-electron chi connectivity index (χ3n) is 2.95. The van der Waals surface area contributed by atoms with E-state index in [-0.39, 0.29) is 18.4 Å². The number of aromatic nitrogens is 3. The van der Waals surface area contributed by atoms with Crippen molar-refractivity contribution in [1.29, 1.82) is 0 Å². The maximum Gasteiger partial charge on any atom is 0.246 e. The Morgan fingerprint density at radius 2 is 2.06 bits per heavy atom. The normalized spacial score (nSPS) is 14.2. The molecule has 0 saturated carbocycles. The molecule has 2 aromatic rings. The summed E-state index contributed by atoms with van der Waals surface area (Å²) in [6.07, 6.45) is 0. The number of fused-ring (bicyclic) bond motifs is 3. The Labute approximate surface area is 97.7 Å². The van der Waals surface area contributed by atoms with Gasteiger partial charge >= 0.3 is 0 Å². The highest BCUT2D eigenvalue weighted by atomic mass is 16.2. The molecule has 6 nitrogen and oxygen atoms in total. The number of nitrogen functional groups attached to an aromatic ring is 1. The minimum Gasteiger partial charge on any atom is -0.368 e. The van der Waals surface area contributed by atoms with Crippen molar-refractivity contribution in [3.8, 4) is 11.4 Å². The molecule has 1 aromatic heterocycles. The molecule has 2 heterocycles. The molecule has 0 bridgehead atoms. The van der Waals surface area contributed by atoms with Crippen molar-refractivity contribution in [2.45, 2.75) is 6.54 Å². The predicted molar refractivity (Wildman–Crippen MR) is 63.3 cm³/mol. The van der Waals surface area contributed by atoms with Gasteiger partial charge in [0.05, 0.1) is 5.69 Å². The molecular weight excluding hydrogens is 218 g/mol. The van der Waals surface area contributed by atoms with E-state index in [0.29, 0.717) is 5.82 Å². The summed E-state index contributed by atoms with van der Waals surface area (Å²) in [5.74, 6) is 0.858. The van der Waals surface area contributed by atoms with Gasteiger partial charge < -0.3 is 10.6 Å². The Morgan fingerprint density at radius 1 is 1.29 bits per heavy atom. The van der Waals surface area contributed by atoms with E-state index in [1.165, 1.54) is 0 Å². The monoisotopic (exact) mass is 229 g/mol. The number of para-hydroxylation sites is 1. The molecule has 0 spiro atoms. The molecule has 0 fully saturated rings. The number of carbonyl (C=O) groups excluding carboxylic acids is 1. The van der Waals surface area contributed by atoms with Gasteiger partial charge in [-0.1, -0.05) is 12.1 Å². The SMILES string of the molecule is CN1C(=O)Cn2c(N)nnc2-c2ccccc21. The summed E-state index contributed by atoms with van der Waals surface area (Å²) in [5, 5.41) is 7.85. The second-order valence-electron chi connectivity index (χ2n) is 3.94. The summed E-state index contributed by atoms with van der Waals surface area (Å²) in [6.45, 7) is 0.166. The van der Waals surface area contributed by atoms with Crippen LogP contribution in [0.3, 0.4) is 0 Å². The Bertz CT molecular complexity index is 604. The Kier molecular flexibility index (Phi) is 1.91. The van der Waals surface area contributed by atoms with Crippen LogP contribution in [0.25, 0.3) is 11.4 Å². The first-order valence-electron chi connectivity index (χ1n) is 5.23. The van der Waals surface area contributed by atoms with Crippen molar-refractivity contribution < 1.29 is 4.79 Å². The Balaban J connectivity index is 2.33. The van der Waals surface area contributed by atoms with E-state index in [1.54, 1.807) is 16.5 Å². The second kappa shape index (κ2) is 3.31. The molecule has 1 aliphatic rings. The largest absolute Gasteiger partial charge is 0.368 e. The van der Waals surface area contributed by atoms with Crippen molar-refractivity contribution in [1.82, 2.24) is 14.8 Å². The summed E-state index contributed by atoms with van der Waals surface area (Å²) >= 11 is 0. The van der Waals surface area contributed by atoms with Crippen LogP contribution in [0.15, 0.2) is 24.3 Å². The molecule has 0 radical (unpaired) electrons. The lowest BCUT2D eigenvalue weighted by molar-refractivity contribution is -0.118. The average Bonchev–Trinajstić information content (AvgIpc) is 2.65. The molecule has 3 rings (SSSR count). The van der Waals surface area contributed by atoms with Crippen molar-refractivity contribution in [2.75, 3.05) is 17.7 Å². The fourth-order valence-electron chi connectivity index (χ4n) is 2.00. The smallest absolute Gasteiger partial charge is 0.246 e. The van der Waals surface area contributed by atoms with Gasteiger partial charge in [-0.05, 0) is 12.1 Å². The predicted octanol–water partition coefficient (Wildman–Crippen LogP) is 0.504. The van der Waals surface area contributed by atoms with Crippen LogP contribution in [0.4, 0.5) is 11.6 Å². The first-order chi connectivity index (χ1) is 8.18. The second-order valence-corrected chi connectivity index (χ2v) is 3.94. The highest BCUT2D eigenvalue weighted by Crippen LogP contribution is 2.32. The van der Waals surface area contributed by atoms with E-state index < -0.39 is 0 Å². The molecule has 2 N–H and O–H groups in total. The number of rotatable bonds is 0. The molecule has 0 unspecified atom stereocenters. The van der Waals surface area contributed by atoms with Crippen LogP contribution in [0.2, 0.25) is 0 Å². The number of nitrogens with zero attached hydrogens (tertiary/aromatic N) is 4. The van der Waals surface area contributed by atoms with Gasteiger partial charge in [-0.3, -0.25) is 9.36 Å². The summed E-state index contributed by atoms with van der Waals surface area (Å²) in [7, 11) is 1.75. The average molecular weight is 229 g/mol. The number of carbonyl (C=O) groups is 1. The van der Waals surface area contributed by atoms with Gasteiger partial charge in [-0.15, -0.1) is 10.2 Å². The van der Waals surface area contributed by atoms with Crippen LogP contribution < -0.4 is 10.6 Å². The molecule has 86 valence electrons. The molecular formula is C11H11N5O. The number of amides is 1. The number of anilines is 2. The Morgan fingerprint density at radius 3 is 2.88 bits per heavy atom. The summed E-state index contributed by atoms with van der Waals surface area (Å²) in [4.78, 5) is 13.6. The fraction of sp³-hybridized carbons (Fsp3) is 0.182. The van der Waals surface area contributed by atoms with Gasteiger partial charge in [0.15, 0.2) is 5.82 Å². The third kappa shape index (κ3) is 1.30. The number of nitrogens with two attached hydrogens (primary N) is 1. The zero-order chi connectivity index (χ0) is 12.0. The number of hydrogen-bond acceptors (Lipinski definition) is 4. The molecule has 1 aromatic carbocycles. The third-order valence-corrected chi connectivity index (χ3v) is 2.95. The van der Waals surface area contributed by atoms with Gasteiger partial charge in [0.2, 0.25) is 11.9 Å². The van der Waals surface area contributed by atoms with Crippen LogP contribution in [0.5, 0.6) is 0 Å². The number of benzene rings is 1. The molecule has 0 aliphatic carbocycles. The summed E-state index contributed by atoms with van der Waals surface area (Å²) < 4.78 is 1.63. The summed E-state index contributed by atoms with van der Waals surface area (Å²) in [6, 6.07) is 7.58. The molecule has 1 aliphatic heterocycles. The van der Waals surface area contributed by atoms with Crippen molar-refractivity contribution in [3.05, 3.63) is 24.3 Å². The van der Waals surface area contributed by atoms with Crippen molar-refractivity contribution >= 4 is 17.5 Å².